The molecular formula is C12H15N3O4. The minimum absolute atomic E-state index is 0.0855. The Morgan fingerprint density at radius 1 is 1.42 bits per heavy atom. The lowest BCUT2D eigenvalue weighted by Crippen LogP contribution is -2.53. The number of benzene rings is 1. The van der Waals surface area contributed by atoms with Crippen molar-refractivity contribution in [2.24, 2.45) is 5.73 Å². The van der Waals surface area contributed by atoms with Crippen molar-refractivity contribution in [3.63, 3.8) is 0 Å². The number of primary amides is 1. The van der Waals surface area contributed by atoms with Crippen LogP contribution in [0.2, 0.25) is 0 Å². The van der Waals surface area contributed by atoms with Gasteiger partial charge >= 0.3 is 5.97 Å². The summed E-state index contributed by atoms with van der Waals surface area (Å²) in [5.74, 6) is -1.64. The molecular weight excluding hydrogens is 250 g/mol. The molecule has 1 unspecified atom stereocenters. The van der Waals surface area contributed by atoms with Gasteiger partial charge in [0.1, 0.15) is 6.04 Å². The zero-order valence-corrected chi connectivity index (χ0v) is 10.2. The summed E-state index contributed by atoms with van der Waals surface area (Å²) in [6.45, 7) is 0.929. The third-order valence-corrected chi connectivity index (χ3v) is 3.02. The molecule has 1 aromatic carbocycles. The van der Waals surface area contributed by atoms with Gasteiger partial charge in [0.25, 0.3) is 0 Å². The Bertz CT molecular complexity index is 518. The number of nitrogens with zero attached hydrogens (tertiary/aromatic N) is 1. The van der Waals surface area contributed by atoms with Crippen LogP contribution in [0.1, 0.15) is 10.4 Å². The maximum atomic E-state index is 11.4. The lowest BCUT2D eigenvalue weighted by atomic mass is 10.1. The van der Waals surface area contributed by atoms with Crippen LogP contribution in [0.3, 0.4) is 0 Å². The summed E-state index contributed by atoms with van der Waals surface area (Å²) in [6.07, 6.45) is 0. The highest BCUT2D eigenvalue weighted by Crippen LogP contribution is 2.27. The normalized spacial score (nSPS) is 19.2. The molecule has 1 atom stereocenters. The zero-order valence-electron chi connectivity index (χ0n) is 10.2. The van der Waals surface area contributed by atoms with Gasteiger partial charge in [-0.3, -0.25) is 4.79 Å². The number of nitrogens with two attached hydrogens (primary N) is 2. The minimum Gasteiger partial charge on any atom is -0.478 e. The number of anilines is 2. The van der Waals surface area contributed by atoms with Gasteiger partial charge in [-0.15, -0.1) is 0 Å². The number of amides is 1. The average Bonchev–Trinajstić information content (AvgIpc) is 2.38. The fourth-order valence-electron chi connectivity index (χ4n) is 2.09. The van der Waals surface area contributed by atoms with Crippen LogP contribution in [-0.2, 0) is 9.53 Å². The average molecular weight is 265 g/mol. The van der Waals surface area contributed by atoms with E-state index in [2.05, 4.69) is 0 Å². The molecule has 1 fully saturated rings. The number of hydrogen-bond acceptors (Lipinski definition) is 5. The second-order valence-corrected chi connectivity index (χ2v) is 4.27. The van der Waals surface area contributed by atoms with Crippen LogP contribution < -0.4 is 16.4 Å². The molecule has 0 spiro atoms. The molecule has 0 bridgehead atoms. The van der Waals surface area contributed by atoms with Gasteiger partial charge in [-0.1, -0.05) is 0 Å². The number of morpholine rings is 1. The van der Waals surface area contributed by atoms with E-state index in [1.807, 2.05) is 0 Å². The Hall–Kier alpha value is -2.28. The van der Waals surface area contributed by atoms with Gasteiger partial charge in [0.2, 0.25) is 5.91 Å². The molecule has 1 aliphatic heterocycles. The second kappa shape index (κ2) is 5.15. The first-order valence-corrected chi connectivity index (χ1v) is 5.77. The molecule has 0 saturated carbocycles. The predicted molar refractivity (Wildman–Crippen MR) is 69.0 cm³/mol. The van der Waals surface area contributed by atoms with Gasteiger partial charge in [0, 0.05) is 12.2 Å². The third-order valence-electron chi connectivity index (χ3n) is 3.02. The molecule has 1 amide bonds. The smallest absolute Gasteiger partial charge is 0.337 e. The number of hydrogen-bond donors (Lipinski definition) is 3. The number of ether oxygens (including phenoxy) is 1. The first-order chi connectivity index (χ1) is 9.00. The number of carboxylic acid groups (broad SMARTS) is 1. The number of carboxylic acids is 1. The molecule has 0 radical (unpaired) electrons. The van der Waals surface area contributed by atoms with Crippen molar-refractivity contribution in [2.45, 2.75) is 6.04 Å². The van der Waals surface area contributed by atoms with Crippen LogP contribution in [-0.4, -0.2) is 42.8 Å². The predicted octanol–water partition coefficient (Wildman–Crippen LogP) is -0.342. The molecule has 19 heavy (non-hydrogen) atoms. The van der Waals surface area contributed by atoms with Crippen LogP contribution in [0, 0.1) is 0 Å². The number of carbonyl (C=O) groups is 2. The van der Waals surface area contributed by atoms with Gasteiger partial charge in [-0.25, -0.2) is 4.79 Å². The van der Waals surface area contributed by atoms with Crippen molar-refractivity contribution >= 4 is 23.3 Å². The van der Waals surface area contributed by atoms with Crippen molar-refractivity contribution in [1.29, 1.82) is 0 Å². The highest BCUT2D eigenvalue weighted by Gasteiger charge is 2.30. The largest absolute Gasteiger partial charge is 0.478 e. The van der Waals surface area contributed by atoms with E-state index >= 15 is 0 Å². The van der Waals surface area contributed by atoms with Gasteiger partial charge in [-0.2, -0.15) is 0 Å². The second-order valence-electron chi connectivity index (χ2n) is 4.27. The van der Waals surface area contributed by atoms with Crippen molar-refractivity contribution < 1.29 is 19.4 Å². The maximum absolute atomic E-state index is 11.4. The first kappa shape index (κ1) is 13.2. The number of aromatic carboxylic acids is 1. The Balaban J connectivity index is 2.46. The highest BCUT2D eigenvalue weighted by atomic mass is 16.5. The van der Waals surface area contributed by atoms with E-state index in [-0.39, 0.29) is 12.2 Å². The molecule has 1 aromatic rings. The summed E-state index contributed by atoms with van der Waals surface area (Å²) in [5, 5.41) is 9.20. The van der Waals surface area contributed by atoms with E-state index in [1.165, 1.54) is 18.2 Å². The van der Waals surface area contributed by atoms with E-state index in [1.54, 1.807) is 4.90 Å². The number of carbonyl (C=O) groups excluding carboxylic acids is 1. The van der Waals surface area contributed by atoms with Gasteiger partial charge in [0.05, 0.1) is 24.5 Å². The fraction of sp³-hybridized carbons (Fsp3) is 0.333. The summed E-state index contributed by atoms with van der Waals surface area (Å²) >= 11 is 0. The summed E-state index contributed by atoms with van der Waals surface area (Å²) in [7, 11) is 0. The lowest BCUT2D eigenvalue weighted by Gasteiger charge is -2.36. The van der Waals surface area contributed by atoms with Crippen LogP contribution in [0.15, 0.2) is 18.2 Å². The SMILES string of the molecule is NC(=O)C1COCCN1c1cc(N)ccc1C(=O)O. The van der Waals surface area contributed by atoms with Crippen molar-refractivity contribution in [2.75, 3.05) is 30.4 Å². The van der Waals surface area contributed by atoms with Crippen LogP contribution in [0.25, 0.3) is 0 Å². The van der Waals surface area contributed by atoms with Crippen molar-refractivity contribution in [1.82, 2.24) is 0 Å². The summed E-state index contributed by atoms with van der Waals surface area (Å²) in [6, 6.07) is 3.77. The molecule has 7 heteroatoms. The van der Waals surface area contributed by atoms with Crippen molar-refractivity contribution in [3.05, 3.63) is 23.8 Å². The molecule has 2 rings (SSSR count). The van der Waals surface area contributed by atoms with E-state index in [9.17, 15) is 14.7 Å². The molecule has 7 nitrogen and oxygen atoms in total. The van der Waals surface area contributed by atoms with Crippen molar-refractivity contribution in [3.8, 4) is 0 Å². The zero-order chi connectivity index (χ0) is 14.0. The Kier molecular flexibility index (Phi) is 3.57. The minimum atomic E-state index is -1.08. The molecule has 102 valence electrons. The van der Waals surface area contributed by atoms with Gasteiger partial charge in [0.15, 0.2) is 0 Å². The number of nitrogen functional groups attached to an aromatic ring is 1. The molecule has 1 aliphatic rings. The number of rotatable bonds is 3. The highest BCUT2D eigenvalue weighted by molar-refractivity contribution is 5.96. The summed E-state index contributed by atoms with van der Waals surface area (Å²) in [4.78, 5) is 24.3. The lowest BCUT2D eigenvalue weighted by molar-refractivity contribution is -0.121. The topological polar surface area (TPSA) is 119 Å². The summed E-state index contributed by atoms with van der Waals surface area (Å²) < 4.78 is 5.20. The monoisotopic (exact) mass is 265 g/mol. The fourth-order valence-corrected chi connectivity index (χ4v) is 2.09. The summed E-state index contributed by atoms with van der Waals surface area (Å²) in [5.41, 5.74) is 11.9. The molecule has 5 N–H and O–H groups in total. The van der Waals surface area contributed by atoms with Crippen LogP contribution in [0.5, 0.6) is 0 Å². The van der Waals surface area contributed by atoms with Gasteiger partial charge < -0.3 is 26.2 Å². The Morgan fingerprint density at radius 2 is 2.16 bits per heavy atom. The van der Waals surface area contributed by atoms with E-state index < -0.39 is 17.9 Å². The molecule has 0 aliphatic carbocycles. The molecule has 1 saturated heterocycles. The molecule has 0 aromatic heterocycles. The Morgan fingerprint density at radius 3 is 2.79 bits per heavy atom. The van der Waals surface area contributed by atoms with Crippen LogP contribution >= 0.6 is 0 Å². The van der Waals surface area contributed by atoms with E-state index in [4.69, 9.17) is 16.2 Å². The van der Waals surface area contributed by atoms with Crippen LogP contribution in [0.4, 0.5) is 11.4 Å². The maximum Gasteiger partial charge on any atom is 0.337 e. The Labute approximate surface area is 109 Å². The molecule has 1 heterocycles. The van der Waals surface area contributed by atoms with E-state index in [0.717, 1.165) is 0 Å². The standard InChI is InChI=1S/C12H15N3O4/c13-7-1-2-8(12(17)18)9(5-7)15-3-4-19-6-10(15)11(14)16/h1-2,5,10H,3-4,6,13H2,(H2,14,16)(H,17,18). The third kappa shape index (κ3) is 2.60. The van der Waals surface area contributed by atoms with E-state index in [0.29, 0.717) is 24.5 Å². The van der Waals surface area contributed by atoms with Gasteiger partial charge in [-0.05, 0) is 18.2 Å². The quantitative estimate of drug-likeness (QED) is 0.643. The first-order valence-electron chi connectivity index (χ1n) is 5.77.